The average Bonchev–Trinajstić information content (AvgIpc) is 2.38. The molecule has 0 atom stereocenters. The van der Waals surface area contributed by atoms with Gasteiger partial charge in [0, 0.05) is 11.4 Å². The van der Waals surface area contributed by atoms with Crippen molar-refractivity contribution in [1.29, 1.82) is 0 Å². The fourth-order valence-corrected chi connectivity index (χ4v) is 1.71. The molecule has 0 aliphatic carbocycles. The van der Waals surface area contributed by atoms with Crippen molar-refractivity contribution >= 4 is 18.2 Å². The van der Waals surface area contributed by atoms with Crippen LogP contribution in [0.3, 0.4) is 0 Å². The highest BCUT2D eigenvalue weighted by atomic mass is 16.1. The van der Waals surface area contributed by atoms with Gasteiger partial charge in [-0.1, -0.05) is 12.1 Å². The minimum absolute atomic E-state index is 0.830. The second-order valence-corrected chi connectivity index (χ2v) is 4.14. The summed E-state index contributed by atoms with van der Waals surface area (Å²) in [6.45, 7) is 6.03. The predicted molar refractivity (Wildman–Crippen MR) is 77.3 cm³/mol. The van der Waals surface area contributed by atoms with Crippen molar-refractivity contribution in [3.63, 3.8) is 0 Å². The van der Waals surface area contributed by atoms with Crippen molar-refractivity contribution in [2.24, 2.45) is 0 Å². The number of carbonyl (C=O) groups excluding carboxylic acids is 1. The summed E-state index contributed by atoms with van der Waals surface area (Å²) in [5.74, 6) is 0. The monoisotopic (exact) mass is 242 g/mol. The van der Waals surface area contributed by atoms with Gasteiger partial charge in [-0.15, -0.1) is 0 Å². The van der Waals surface area contributed by atoms with Crippen molar-refractivity contribution < 1.29 is 4.79 Å². The van der Waals surface area contributed by atoms with Crippen LogP contribution in [0.25, 0.3) is 11.1 Å². The van der Waals surface area contributed by atoms with Crippen molar-refractivity contribution in [2.75, 3.05) is 11.5 Å². The van der Waals surface area contributed by atoms with Gasteiger partial charge >= 0.3 is 0 Å². The Bertz CT molecular complexity index is 501. The molecule has 0 unspecified atom stereocenters. The van der Waals surface area contributed by atoms with Gasteiger partial charge in [0.25, 0.3) is 0 Å². The summed E-state index contributed by atoms with van der Waals surface area (Å²) in [5.41, 5.74) is 17.8. The summed E-state index contributed by atoms with van der Waals surface area (Å²) in [5, 5.41) is 0. The topological polar surface area (TPSA) is 69.1 Å². The molecule has 0 aliphatic rings. The molecular weight excluding hydrogens is 224 g/mol. The van der Waals surface area contributed by atoms with Crippen molar-refractivity contribution in [1.82, 2.24) is 0 Å². The maximum atomic E-state index is 8.00. The second kappa shape index (κ2) is 5.87. The lowest BCUT2D eigenvalue weighted by Gasteiger charge is -2.07. The van der Waals surface area contributed by atoms with Crippen LogP contribution in [0.4, 0.5) is 11.4 Å². The minimum Gasteiger partial charge on any atom is -0.399 e. The summed E-state index contributed by atoms with van der Waals surface area (Å²) in [4.78, 5) is 8.00. The highest BCUT2D eigenvalue weighted by Crippen LogP contribution is 2.25. The highest BCUT2D eigenvalue weighted by Gasteiger charge is 2.01. The number of nitrogen functional groups attached to an aromatic ring is 2. The van der Waals surface area contributed by atoms with Gasteiger partial charge < -0.3 is 16.3 Å². The number of benzene rings is 2. The van der Waals surface area contributed by atoms with Crippen LogP contribution in [0.15, 0.2) is 36.4 Å². The van der Waals surface area contributed by atoms with E-state index in [0.717, 1.165) is 22.5 Å². The van der Waals surface area contributed by atoms with Gasteiger partial charge in [-0.3, -0.25) is 0 Å². The van der Waals surface area contributed by atoms with Gasteiger partial charge in [0.2, 0.25) is 0 Å². The summed E-state index contributed by atoms with van der Waals surface area (Å²) in [6.07, 6.45) is 0. The van der Waals surface area contributed by atoms with E-state index in [1.54, 1.807) is 0 Å². The number of nitrogens with two attached hydrogens (primary N) is 2. The summed E-state index contributed by atoms with van der Waals surface area (Å²) < 4.78 is 0. The molecule has 0 saturated heterocycles. The largest absolute Gasteiger partial charge is 0.399 e. The van der Waals surface area contributed by atoms with Crippen molar-refractivity contribution in [3.8, 4) is 11.1 Å². The van der Waals surface area contributed by atoms with Gasteiger partial charge in [0.05, 0.1) is 0 Å². The molecule has 94 valence electrons. The minimum atomic E-state index is 0.830. The second-order valence-electron chi connectivity index (χ2n) is 4.14. The van der Waals surface area contributed by atoms with Crippen LogP contribution >= 0.6 is 0 Å². The van der Waals surface area contributed by atoms with Crippen molar-refractivity contribution in [3.05, 3.63) is 47.5 Å². The van der Waals surface area contributed by atoms with Gasteiger partial charge in [-0.05, 0) is 60.4 Å². The Hall–Kier alpha value is -2.29. The van der Waals surface area contributed by atoms with Crippen LogP contribution in [0.2, 0.25) is 0 Å². The van der Waals surface area contributed by atoms with Crippen LogP contribution in [0.1, 0.15) is 11.1 Å². The Morgan fingerprint density at radius 3 is 1.39 bits per heavy atom. The molecule has 0 aromatic heterocycles. The maximum absolute atomic E-state index is 8.00. The maximum Gasteiger partial charge on any atom is 0.106 e. The van der Waals surface area contributed by atoms with E-state index >= 15 is 0 Å². The summed E-state index contributed by atoms with van der Waals surface area (Å²) in [6, 6.07) is 12.1. The van der Waals surface area contributed by atoms with Gasteiger partial charge in [-0.2, -0.15) is 0 Å². The van der Waals surface area contributed by atoms with Crippen LogP contribution in [-0.2, 0) is 4.79 Å². The first-order valence-electron chi connectivity index (χ1n) is 5.59. The first kappa shape index (κ1) is 13.8. The quantitative estimate of drug-likeness (QED) is 0.755. The molecule has 18 heavy (non-hydrogen) atoms. The zero-order valence-corrected chi connectivity index (χ0v) is 10.7. The van der Waals surface area contributed by atoms with E-state index in [4.69, 9.17) is 16.3 Å². The van der Waals surface area contributed by atoms with E-state index in [9.17, 15) is 0 Å². The first-order chi connectivity index (χ1) is 8.58. The molecule has 4 N–H and O–H groups in total. The van der Waals surface area contributed by atoms with Crippen LogP contribution in [0, 0.1) is 13.8 Å². The molecular formula is C15H18N2O. The number of carbonyl (C=O) groups is 1. The van der Waals surface area contributed by atoms with E-state index in [2.05, 4.69) is 12.1 Å². The Labute approximate surface area is 107 Å². The van der Waals surface area contributed by atoms with E-state index in [0.29, 0.717) is 0 Å². The van der Waals surface area contributed by atoms with Crippen LogP contribution in [-0.4, -0.2) is 6.79 Å². The zero-order valence-electron chi connectivity index (χ0n) is 10.7. The van der Waals surface area contributed by atoms with Gasteiger partial charge in [0.1, 0.15) is 6.79 Å². The Morgan fingerprint density at radius 1 is 0.778 bits per heavy atom. The fraction of sp³-hybridized carbons (Fsp3) is 0.133. The molecule has 3 heteroatoms. The number of rotatable bonds is 1. The molecule has 2 aromatic carbocycles. The fourth-order valence-electron chi connectivity index (χ4n) is 1.71. The molecule has 2 rings (SSSR count). The molecule has 0 bridgehead atoms. The Kier molecular flexibility index (Phi) is 4.49. The lowest BCUT2D eigenvalue weighted by Crippen LogP contribution is -1.91. The Morgan fingerprint density at radius 2 is 1.11 bits per heavy atom. The average molecular weight is 242 g/mol. The van der Waals surface area contributed by atoms with Crippen LogP contribution < -0.4 is 11.5 Å². The highest BCUT2D eigenvalue weighted by molar-refractivity contribution is 5.70. The zero-order chi connectivity index (χ0) is 13.7. The predicted octanol–water partition coefficient (Wildman–Crippen LogP) is 2.95. The third-order valence-electron chi connectivity index (χ3n) is 2.87. The number of hydrogen-bond donors (Lipinski definition) is 2. The summed E-state index contributed by atoms with van der Waals surface area (Å²) >= 11 is 0. The first-order valence-corrected chi connectivity index (χ1v) is 5.59. The smallest absolute Gasteiger partial charge is 0.106 e. The van der Waals surface area contributed by atoms with E-state index < -0.39 is 0 Å². The molecule has 3 nitrogen and oxygen atoms in total. The standard InChI is InChI=1S/C14H16N2.CH2O/c1-9-7-11(3-5-13(9)15)12-4-6-14(16)10(2)8-12;1-2/h3-8H,15-16H2,1-2H3;1H2. The third kappa shape index (κ3) is 2.88. The molecule has 0 aliphatic heterocycles. The van der Waals surface area contributed by atoms with Gasteiger partial charge in [0.15, 0.2) is 0 Å². The molecule has 0 amide bonds. The number of anilines is 2. The van der Waals surface area contributed by atoms with E-state index in [-0.39, 0.29) is 0 Å². The third-order valence-corrected chi connectivity index (χ3v) is 2.87. The summed E-state index contributed by atoms with van der Waals surface area (Å²) in [7, 11) is 0. The molecule has 0 spiro atoms. The van der Waals surface area contributed by atoms with E-state index in [1.807, 2.05) is 44.9 Å². The molecule has 0 heterocycles. The van der Waals surface area contributed by atoms with Gasteiger partial charge in [-0.25, -0.2) is 0 Å². The van der Waals surface area contributed by atoms with E-state index in [1.165, 1.54) is 11.1 Å². The normalized spacial score (nSPS) is 9.44. The molecule has 2 aromatic rings. The number of aryl methyl sites for hydroxylation is 2. The molecule has 0 saturated carbocycles. The Balaban J connectivity index is 0.000000771. The SMILES string of the molecule is C=O.Cc1cc(-c2ccc(N)c(C)c2)ccc1N. The van der Waals surface area contributed by atoms with Crippen LogP contribution in [0.5, 0.6) is 0 Å². The lowest BCUT2D eigenvalue weighted by molar-refractivity contribution is -0.0979. The number of hydrogen-bond acceptors (Lipinski definition) is 3. The lowest BCUT2D eigenvalue weighted by atomic mass is 10.0. The molecule has 0 fully saturated rings. The molecule has 0 radical (unpaired) electrons. The van der Waals surface area contributed by atoms with Crippen molar-refractivity contribution in [2.45, 2.75) is 13.8 Å².